The van der Waals surface area contributed by atoms with Crippen LogP contribution in [-0.2, 0) is 11.8 Å². The Kier molecular flexibility index (Phi) is 8.62. The second kappa shape index (κ2) is 10.4. The molecular weight excluding hydrogens is 306 g/mol. The van der Waals surface area contributed by atoms with Crippen molar-refractivity contribution >= 4 is 0 Å². The van der Waals surface area contributed by atoms with E-state index in [9.17, 15) is 0 Å². The van der Waals surface area contributed by atoms with Crippen LogP contribution in [0.25, 0.3) is 5.69 Å². The van der Waals surface area contributed by atoms with Crippen molar-refractivity contribution in [2.24, 2.45) is 0 Å². The first-order chi connectivity index (χ1) is 12.0. The Bertz CT molecular complexity index is 678. The molecule has 2 aromatic carbocycles. The summed E-state index contributed by atoms with van der Waals surface area (Å²) in [6.45, 7) is 12.8. The third-order valence-corrected chi connectivity index (χ3v) is 3.67. The van der Waals surface area contributed by atoms with Gasteiger partial charge in [0.1, 0.15) is 12.7 Å². The topological polar surface area (TPSA) is 30.7 Å². The smallest absolute Gasteiger partial charge is 0.138 e. The number of aromatic nitrogens is 3. The molecule has 3 aromatic rings. The molecule has 0 aliphatic rings. The zero-order chi connectivity index (χ0) is 18.7. The lowest BCUT2D eigenvalue weighted by Crippen LogP contribution is -2.10. The Morgan fingerprint density at radius 2 is 1.48 bits per heavy atom. The standard InChI is InChI=1S/C10H11N3.C10H14.C2H6/c1-2-9-3-5-10(6-4-9)13-8-11-7-12-13;1-10(2,3)9-7-5-4-6-8-9;1-2/h3-8H,2H2,1H3;4-8H,1-3H3;1-2H3. The molecular formula is C22H31N3. The molecule has 134 valence electrons. The van der Waals surface area contributed by atoms with Gasteiger partial charge in [0, 0.05) is 0 Å². The average molecular weight is 338 g/mol. The van der Waals surface area contributed by atoms with E-state index >= 15 is 0 Å². The molecule has 3 rings (SSSR count). The highest BCUT2D eigenvalue weighted by molar-refractivity contribution is 5.33. The number of rotatable bonds is 2. The van der Waals surface area contributed by atoms with Gasteiger partial charge in [-0.1, -0.05) is 84.0 Å². The second-order valence-electron chi connectivity index (χ2n) is 6.48. The molecule has 0 radical (unpaired) electrons. The quantitative estimate of drug-likeness (QED) is 0.588. The van der Waals surface area contributed by atoms with E-state index in [1.807, 2.05) is 26.0 Å². The van der Waals surface area contributed by atoms with Crippen molar-refractivity contribution in [3.63, 3.8) is 0 Å². The number of nitrogens with zero attached hydrogens (tertiary/aromatic N) is 3. The second-order valence-corrected chi connectivity index (χ2v) is 6.48. The van der Waals surface area contributed by atoms with Gasteiger partial charge in [0.25, 0.3) is 0 Å². The lowest BCUT2D eigenvalue weighted by Gasteiger charge is -2.18. The van der Waals surface area contributed by atoms with Crippen molar-refractivity contribution < 1.29 is 0 Å². The third-order valence-electron chi connectivity index (χ3n) is 3.67. The first-order valence-electron chi connectivity index (χ1n) is 9.00. The van der Waals surface area contributed by atoms with E-state index in [0.717, 1.165) is 12.1 Å². The zero-order valence-electron chi connectivity index (χ0n) is 16.4. The van der Waals surface area contributed by atoms with E-state index in [2.05, 4.69) is 80.2 Å². The molecule has 0 atom stereocenters. The Hall–Kier alpha value is -2.42. The minimum absolute atomic E-state index is 0.293. The van der Waals surface area contributed by atoms with Gasteiger partial charge in [-0.2, -0.15) is 5.10 Å². The number of benzene rings is 2. The van der Waals surface area contributed by atoms with E-state index < -0.39 is 0 Å². The average Bonchev–Trinajstić information content (AvgIpc) is 3.19. The van der Waals surface area contributed by atoms with Gasteiger partial charge >= 0.3 is 0 Å². The predicted molar refractivity (Wildman–Crippen MR) is 107 cm³/mol. The number of aryl methyl sites for hydroxylation is 1. The van der Waals surface area contributed by atoms with Crippen LogP contribution in [0.5, 0.6) is 0 Å². The van der Waals surface area contributed by atoms with Crippen LogP contribution in [0, 0.1) is 0 Å². The van der Waals surface area contributed by atoms with Crippen molar-refractivity contribution in [1.82, 2.24) is 14.8 Å². The van der Waals surface area contributed by atoms with Gasteiger partial charge in [-0.15, -0.1) is 0 Å². The van der Waals surface area contributed by atoms with Crippen LogP contribution in [0.1, 0.15) is 52.7 Å². The van der Waals surface area contributed by atoms with Crippen LogP contribution in [0.3, 0.4) is 0 Å². The highest BCUT2D eigenvalue weighted by atomic mass is 15.3. The Balaban J connectivity index is 0.000000235. The van der Waals surface area contributed by atoms with Gasteiger partial charge in [-0.05, 0) is 35.1 Å². The van der Waals surface area contributed by atoms with Gasteiger partial charge in [0.05, 0.1) is 5.69 Å². The van der Waals surface area contributed by atoms with Crippen molar-refractivity contribution in [2.75, 3.05) is 0 Å². The van der Waals surface area contributed by atoms with Crippen LogP contribution in [0.4, 0.5) is 0 Å². The largest absolute Gasteiger partial charge is 0.223 e. The number of hydrogen-bond donors (Lipinski definition) is 0. The Labute approximate surface area is 152 Å². The fourth-order valence-corrected chi connectivity index (χ4v) is 2.16. The summed E-state index contributed by atoms with van der Waals surface area (Å²) < 4.78 is 1.75. The van der Waals surface area contributed by atoms with E-state index in [4.69, 9.17) is 0 Å². The molecule has 1 aromatic heterocycles. The van der Waals surface area contributed by atoms with Crippen LogP contribution >= 0.6 is 0 Å². The van der Waals surface area contributed by atoms with Crippen LogP contribution in [0.2, 0.25) is 0 Å². The zero-order valence-corrected chi connectivity index (χ0v) is 16.4. The molecule has 25 heavy (non-hydrogen) atoms. The van der Waals surface area contributed by atoms with Gasteiger partial charge in [-0.25, -0.2) is 9.67 Å². The normalized spacial score (nSPS) is 10.2. The van der Waals surface area contributed by atoms with Crippen molar-refractivity contribution in [3.8, 4) is 5.69 Å². The molecule has 0 fully saturated rings. The molecule has 0 spiro atoms. The molecule has 0 unspecified atom stereocenters. The maximum absolute atomic E-state index is 4.05. The molecule has 0 aliphatic carbocycles. The first kappa shape index (κ1) is 20.6. The summed E-state index contributed by atoms with van der Waals surface area (Å²) in [7, 11) is 0. The fraction of sp³-hybridized carbons (Fsp3) is 0.364. The SMILES string of the molecule is CC.CC(C)(C)c1ccccc1.CCc1ccc(-n2cncn2)cc1. The molecule has 0 amide bonds. The van der Waals surface area contributed by atoms with E-state index in [0.29, 0.717) is 5.41 Å². The molecule has 0 bridgehead atoms. The van der Waals surface area contributed by atoms with E-state index in [-0.39, 0.29) is 0 Å². The molecule has 3 heteroatoms. The number of hydrogen-bond acceptors (Lipinski definition) is 2. The maximum Gasteiger partial charge on any atom is 0.138 e. The van der Waals surface area contributed by atoms with Crippen LogP contribution in [-0.4, -0.2) is 14.8 Å². The summed E-state index contributed by atoms with van der Waals surface area (Å²) in [5.74, 6) is 0. The molecule has 0 saturated heterocycles. The van der Waals surface area contributed by atoms with Crippen molar-refractivity contribution in [3.05, 3.63) is 78.4 Å². The van der Waals surface area contributed by atoms with E-state index in [1.165, 1.54) is 17.5 Å². The highest BCUT2D eigenvalue weighted by Gasteiger charge is 2.11. The molecule has 3 nitrogen and oxygen atoms in total. The maximum atomic E-state index is 4.05. The van der Waals surface area contributed by atoms with Gasteiger partial charge in [0.2, 0.25) is 0 Å². The van der Waals surface area contributed by atoms with Gasteiger partial charge < -0.3 is 0 Å². The van der Waals surface area contributed by atoms with E-state index in [1.54, 1.807) is 11.0 Å². The summed E-state index contributed by atoms with van der Waals surface area (Å²) in [6, 6.07) is 18.9. The predicted octanol–water partition coefficient (Wildman–Crippen LogP) is 5.84. The third kappa shape index (κ3) is 6.92. The van der Waals surface area contributed by atoms with Crippen molar-refractivity contribution in [2.45, 2.75) is 53.4 Å². The van der Waals surface area contributed by atoms with Crippen molar-refractivity contribution in [1.29, 1.82) is 0 Å². The summed E-state index contributed by atoms with van der Waals surface area (Å²) >= 11 is 0. The highest BCUT2D eigenvalue weighted by Crippen LogP contribution is 2.20. The minimum atomic E-state index is 0.293. The molecule has 0 aliphatic heterocycles. The minimum Gasteiger partial charge on any atom is -0.223 e. The van der Waals surface area contributed by atoms with Crippen LogP contribution in [0.15, 0.2) is 67.3 Å². The lowest BCUT2D eigenvalue weighted by molar-refractivity contribution is 0.590. The summed E-state index contributed by atoms with van der Waals surface area (Å²) in [6.07, 6.45) is 4.30. The fourth-order valence-electron chi connectivity index (χ4n) is 2.16. The summed E-state index contributed by atoms with van der Waals surface area (Å²) in [5, 5.41) is 4.05. The monoisotopic (exact) mass is 337 g/mol. The summed E-state index contributed by atoms with van der Waals surface area (Å²) in [4.78, 5) is 3.89. The summed E-state index contributed by atoms with van der Waals surface area (Å²) in [5.41, 5.74) is 4.08. The molecule has 1 heterocycles. The Morgan fingerprint density at radius 3 is 1.88 bits per heavy atom. The van der Waals surface area contributed by atoms with Gasteiger partial charge in [0.15, 0.2) is 0 Å². The van der Waals surface area contributed by atoms with Crippen LogP contribution < -0.4 is 0 Å². The van der Waals surface area contributed by atoms with Gasteiger partial charge in [-0.3, -0.25) is 0 Å². The lowest BCUT2D eigenvalue weighted by atomic mass is 9.87. The Morgan fingerprint density at radius 1 is 0.880 bits per heavy atom. The first-order valence-corrected chi connectivity index (χ1v) is 9.00. The molecule has 0 saturated carbocycles. The molecule has 0 N–H and O–H groups in total.